The lowest BCUT2D eigenvalue weighted by Gasteiger charge is -2.14. The van der Waals surface area contributed by atoms with Crippen molar-refractivity contribution in [2.45, 2.75) is 12.8 Å². The van der Waals surface area contributed by atoms with Crippen LogP contribution in [0, 0.1) is 23.7 Å². The molecule has 0 bridgehead atoms. The molecule has 0 saturated heterocycles. The number of aromatic nitrogens is 2. The first kappa shape index (κ1) is 42.5. The van der Waals surface area contributed by atoms with Crippen molar-refractivity contribution in [3.05, 3.63) is 257 Å². The summed E-state index contributed by atoms with van der Waals surface area (Å²) < 4.78 is 8.53. The average molecular weight is 975 g/mol. The third-order valence-corrected chi connectivity index (χ3v) is 17.3. The van der Waals surface area contributed by atoms with E-state index in [0.29, 0.717) is 0 Å². The summed E-state index contributed by atoms with van der Waals surface area (Å²) in [5, 5.41) is 8.64. The molecule has 14 aromatic rings. The molecule has 1 aliphatic rings. The fourth-order valence-corrected chi connectivity index (χ4v) is 14.1. The smallest absolute Gasteiger partial charge is 0.0541 e. The highest BCUT2D eigenvalue weighted by Crippen LogP contribution is 2.46. The first-order chi connectivity index (χ1) is 36.7. The topological polar surface area (TPSA) is 9.86 Å². The molecule has 0 atom stereocenters. The molecular formula is C70H42N2S2. The van der Waals surface area contributed by atoms with Gasteiger partial charge in [0.2, 0.25) is 0 Å². The number of hydrogen-bond acceptors (Lipinski definition) is 2. The molecule has 0 saturated carbocycles. The number of nitrogens with zero attached hydrogens (tertiary/aromatic N) is 2. The molecule has 1 aliphatic carbocycles. The Bertz CT molecular complexity index is 4780. The summed E-state index contributed by atoms with van der Waals surface area (Å²) in [6.45, 7) is 0. The van der Waals surface area contributed by atoms with Crippen molar-refractivity contribution >= 4 is 103 Å². The van der Waals surface area contributed by atoms with Crippen LogP contribution in [0.5, 0.6) is 0 Å². The van der Waals surface area contributed by atoms with Gasteiger partial charge in [-0.05, 0) is 121 Å². The zero-order valence-electron chi connectivity index (χ0n) is 40.1. The Morgan fingerprint density at radius 2 is 0.838 bits per heavy atom. The number of benzene rings is 10. The van der Waals surface area contributed by atoms with E-state index in [9.17, 15) is 0 Å². The second-order valence-corrected chi connectivity index (χ2v) is 21.2. The second kappa shape index (κ2) is 17.3. The molecule has 10 aromatic carbocycles. The lowest BCUT2D eigenvalue weighted by Crippen LogP contribution is -1.94. The summed E-state index contributed by atoms with van der Waals surface area (Å²) in [4.78, 5) is 1.35. The normalized spacial score (nSPS) is 12.2. The van der Waals surface area contributed by atoms with Crippen LogP contribution in [0.1, 0.15) is 39.1 Å². The molecule has 4 aromatic heterocycles. The Kier molecular flexibility index (Phi) is 9.92. The van der Waals surface area contributed by atoms with Crippen LogP contribution in [0.25, 0.3) is 114 Å². The number of hydrogen-bond donors (Lipinski definition) is 0. The molecule has 344 valence electrons. The lowest BCUT2D eigenvalue weighted by atomic mass is 9.89. The van der Waals surface area contributed by atoms with Gasteiger partial charge in [-0.1, -0.05) is 157 Å². The quantitative estimate of drug-likeness (QED) is 0.156. The van der Waals surface area contributed by atoms with E-state index in [1.165, 1.54) is 78.8 Å². The molecule has 15 rings (SSSR count). The molecule has 0 fully saturated rings. The first-order valence-electron chi connectivity index (χ1n) is 25.2. The highest BCUT2D eigenvalue weighted by atomic mass is 32.1. The van der Waals surface area contributed by atoms with Gasteiger partial charge in [0.05, 0.1) is 22.1 Å². The van der Waals surface area contributed by atoms with Crippen LogP contribution in [0.15, 0.2) is 224 Å². The van der Waals surface area contributed by atoms with Crippen molar-refractivity contribution in [1.82, 2.24) is 9.13 Å². The molecular weight excluding hydrogens is 933 g/mol. The molecule has 0 amide bonds. The van der Waals surface area contributed by atoms with E-state index >= 15 is 0 Å². The minimum absolute atomic E-state index is 0.966. The van der Waals surface area contributed by atoms with Gasteiger partial charge < -0.3 is 9.13 Å². The van der Waals surface area contributed by atoms with Gasteiger partial charge in [0.15, 0.2) is 0 Å². The average Bonchev–Trinajstić information content (AvgIpc) is 4.23. The lowest BCUT2D eigenvalue weighted by molar-refractivity contribution is 1.01. The van der Waals surface area contributed by atoms with Crippen LogP contribution >= 0.6 is 22.7 Å². The van der Waals surface area contributed by atoms with Crippen molar-refractivity contribution in [1.29, 1.82) is 0 Å². The van der Waals surface area contributed by atoms with Crippen LogP contribution in [0.4, 0.5) is 0 Å². The van der Waals surface area contributed by atoms with Gasteiger partial charge in [0, 0.05) is 107 Å². The van der Waals surface area contributed by atoms with E-state index in [1.807, 2.05) is 22.7 Å². The van der Waals surface area contributed by atoms with E-state index in [4.69, 9.17) is 0 Å². The molecule has 4 heterocycles. The molecule has 0 spiro atoms. The van der Waals surface area contributed by atoms with Gasteiger partial charge in [-0.15, -0.1) is 22.7 Å². The predicted octanol–water partition coefficient (Wildman–Crippen LogP) is 18.6. The summed E-state index contributed by atoms with van der Waals surface area (Å²) in [6, 6.07) is 79.1. The van der Waals surface area contributed by atoms with Gasteiger partial charge in [-0.3, -0.25) is 0 Å². The minimum Gasteiger partial charge on any atom is -0.309 e. The third kappa shape index (κ3) is 6.88. The van der Waals surface area contributed by atoms with Crippen molar-refractivity contribution in [3.63, 3.8) is 0 Å². The minimum atomic E-state index is 0.966. The van der Waals surface area contributed by atoms with Crippen molar-refractivity contribution in [3.8, 4) is 57.3 Å². The number of fused-ring (bicyclic) bond motifs is 12. The van der Waals surface area contributed by atoms with Gasteiger partial charge in [0.25, 0.3) is 0 Å². The number of thiophene rings is 2. The SMILES string of the molecule is C(#Cc1cc(-c2cccc3c2sc2ccccc23)c(C#Cc2ccc3c(c2)c2ccccc2n3-c2ccccc2)cc1-c1cccc2c3c(sc12)C=CCC3)c1ccc2c(c1)c1ccccc1n2-c1ccccc1. The Morgan fingerprint density at radius 1 is 0.351 bits per heavy atom. The van der Waals surface area contributed by atoms with E-state index in [0.717, 1.165) is 74.2 Å². The largest absolute Gasteiger partial charge is 0.309 e. The number of allylic oxidation sites excluding steroid dienone is 1. The molecule has 0 aliphatic heterocycles. The Balaban J connectivity index is 0.969. The monoisotopic (exact) mass is 974 g/mol. The second-order valence-electron chi connectivity index (χ2n) is 19.1. The zero-order valence-corrected chi connectivity index (χ0v) is 41.7. The number of aryl methyl sites for hydroxylation is 1. The van der Waals surface area contributed by atoms with Gasteiger partial charge in [-0.25, -0.2) is 0 Å². The summed E-state index contributed by atoms with van der Waals surface area (Å²) in [5.74, 6) is 15.1. The van der Waals surface area contributed by atoms with Gasteiger partial charge in [-0.2, -0.15) is 0 Å². The summed E-state index contributed by atoms with van der Waals surface area (Å²) in [5.41, 5.74) is 16.8. The predicted molar refractivity (Wildman–Crippen MR) is 316 cm³/mol. The van der Waals surface area contributed by atoms with Crippen LogP contribution in [-0.2, 0) is 6.42 Å². The van der Waals surface area contributed by atoms with E-state index in [2.05, 4.69) is 263 Å². The van der Waals surface area contributed by atoms with E-state index < -0.39 is 0 Å². The molecule has 0 radical (unpaired) electrons. The Hall–Kier alpha value is -9.16. The van der Waals surface area contributed by atoms with E-state index in [1.54, 1.807) is 0 Å². The number of para-hydroxylation sites is 4. The maximum atomic E-state index is 3.83. The van der Waals surface area contributed by atoms with Crippen molar-refractivity contribution in [2.24, 2.45) is 0 Å². The van der Waals surface area contributed by atoms with Crippen LogP contribution < -0.4 is 0 Å². The van der Waals surface area contributed by atoms with Crippen molar-refractivity contribution in [2.75, 3.05) is 0 Å². The van der Waals surface area contributed by atoms with Gasteiger partial charge >= 0.3 is 0 Å². The van der Waals surface area contributed by atoms with Crippen LogP contribution in [0.2, 0.25) is 0 Å². The van der Waals surface area contributed by atoms with E-state index in [-0.39, 0.29) is 0 Å². The zero-order chi connectivity index (χ0) is 48.7. The molecule has 0 N–H and O–H groups in total. The highest BCUT2D eigenvalue weighted by Gasteiger charge is 2.21. The van der Waals surface area contributed by atoms with Gasteiger partial charge in [0.1, 0.15) is 0 Å². The fourth-order valence-electron chi connectivity index (χ4n) is 11.5. The maximum absolute atomic E-state index is 3.83. The summed E-state index contributed by atoms with van der Waals surface area (Å²) in [7, 11) is 0. The van der Waals surface area contributed by atoms with Crippen molar-refractivity contribution < 1.29 is 0 Å². The molecule has 0 unspecified atom stereocenters. The molecule has 4 heteroatoms. The third-order valence-electron chi connectivity index (χ3n) is 14.9. The first-order valence-corrected chi connectivity index (χ1v) is 26.8. The highest BCUT2D eigenvalue weighted by molar-refractivity contribution is 7.26. The summed E-state index contributed by atoms with van der Waals surface area (Å²) >= 11 is 3.75. The maximum Gasteiger partial charge on any atom is 0.0541 e. The number of rotatable bonds is 4. The summed E-state index contributed by atoms with van der Waals surface area (Å²) in [6.07, 6.45) is 6.74. The standard InChI is InChI=1S/C70H42N2S2/c1-3-17-49(18-4-1)71-63-29-11-7-21-51(63)61-41-45(35-39-65(61)71)33-37-47-43-60(58-28-16-26-56-54-24-10-14-32-68(54)74-70(56)58)48(44-59(47)57-27-15-25-55-53-23-9-13-31-67(53)73-69(55)57)38-34-46-36-40-66-62(42-46)52-22-8-12-30-64(52)72(66)50-19-5-2-6-20-50/h1-9,11-23,25-32,35-36,39-44H,10,24H2. The molecule has 74 heavy (non-hydrogen) atoms. The fraction of sp³-hybridized carbons (Fsp3) is 0.0286. The molecule has 2 nitrogen and oxygen atoms in total. The Morgan fingerprint density at radius 3 is 1.43 bits per heavy atom. The van der Waals surface area contributed by atoms with Crippen LogP contribution in [0.3, 0.4) is 0 Å². The van der Waals surface area contributed by atoms with Crippen LogP contribution in [-0.4, -0.2) is 9.13 Å². The Labute approximate surface area is 436 Å².